The van der Waals surface area contributed by atoms with Crippen LogP contribution in [0.25, 0.3) is 10.9 Å². The van der Waals surface area contributed by atoms with Crippen LogP contribution < -0.4 is 4.90 Å². The minimum absolute atomic E-state index is 0.115. The van der Waals surface area contributed by atoms with Gasteiger partial charge in [0.1, 0.15) is 5.60 Å². The average Bonchev–Trinajstić information content (AvgIpc) is 2.64. The van der Waals surface area contributed by atoms with Crippen molar-refractivity contribution >= 4 is 34.3 Å². The molecule has 0 bridgehead atoms. The molecule has 0 atom stereocenters. The van der Waals surface area contributed by atoms with Crippen LogP contribution in [0, 0.1) is 0 Å². The maximum Gasteiger partial charge on any atom is 0.415 e. The Labute approximate surface area is 183 Å². The quantitative estimate of drug-likeness (QED) is 0.449. The fourth-order valence-electron chi connectivity index (χ4n) is 3.13. The minimum atomic E-state index is -0.599. The predicted molar refractivity (Wildman–Crippen MR) is 124 cm³/mol. The van der Waals surface area contributed by atoms with Gasteiger partial charge in [-0.25, -0.2) is 4.79 Å². The van der Waals surface area contributed by atoms with Crippen LogP contribution >= 0.6 is 11.6 Å². The van der Waals surface area contributed by atoms with Crippen molar-refractivity contribution in [2.75, 3.05) is 4.90 Å². The SMILES string of the molecule is CC(C)(C)OC(=O)N(Cc1cc(C(C)(C)C)nc2ccccc12)c1ccc(Cl)cc1. The van der Waals surface area contributed by atoms with Crippen molar-refractivity contribution in [3.8, 4) is 0 Å². The molecule has 158 valence electrons. The first-order chi connectivity index (χ1) is 13.9. The maximum atomic E-state index is 13.1. The van der Waals surface area contributed by atoms with Crippen molar-refractivity contribution in [2.45, 2.75) is 59.1 Å². The number of rotatable bonds is 3. The highest BCUT2D eigenvalue weighted by Crippen LogP contribution is 2.29. The lowest BCUT2D eigenvalue weighted by atomic mass is 9.89. The zero-order valence-corrected chi connectivity index (χ0v) is 19.2. The van der Waals surface area contributed by atoms with Crippen LogP contribution in [0.4, 0.5) is 10.5 Å². The predicted octanol–water partition coefficient (Wildman–Crippen LogP) is 7.13. The van der Waals surface area contributed by atoms with Crippen LogP contribution in [0.5, 0.6) is 0 Å². The molecule has 4 nitrogen and oxygen atoms in total. The van der Waals surface area contributed by atoms with E-state index in [1.165, 1.54) is 0 Å². The number of hydrogen-bond acceptors (Lipinski definition) is 3. The van der Waals surface area contributed by atoms with E-state index in [9.17, 15) is 4.79 Å². The summed E-state index contributed by atoms with van der Waals surface area (Å²) in [6.07, 6.45) is -0.400. The van der Waals surface area contributed by atoms with Gasteiger partial charge in [-0.15, -0.1) is 0 Å². The highest BCUT2D eigenvalue weighted by atomic mass is 35.5. The topological polar surface area (TPSA) is 42.4 Å². The summed E-state index contributed by atoms with van der Waals surface area (Å²) in [5, 5.41) is 1.64. The van der Waals surface area contributed by atoms with Gasteiger partial charge in [0.05, 0.1) is 12.1 Å². The number of pyridine rings is 1. The Kier molecular flexibility index (Phi) is 6.09. The molecule has 2 aromatic carbocycles. The molecular formula is C25H29ClN2O2. The van der Waals surface area contributed by atoms with Crippen molar-refractivity contribution < 1.29 is 9.53 Å². The summed E-state index contributed by atoms with van der Waals surface area (Å²) in [6.45, 7) is 12.4. The summed E-state index contributed by atoms with van der Waals surface area (Å²) in [4.78, 5) is 19.6. The molecule has 0 saturated heterocycles. The van der Waals surface area contributed by atoms with Gasteiger partial charge in [0.25, 0.3) is 0 Å². The van der Waals surface area contributed by atoms with Gasteiger partial charge in [0.15, 0.2) is 0 Å². The summed E-state index contributed by atoms with van der Waals surface area (Å²) < 4.78 is 5.70. The largest absolute Gasteiger partial charge is 0.443 e. The first-order valence-corrected chi connectivity index (χ1v) is 10.5. The van der Waals surface area contributed by atoms with Crippen LogP contribution in [0.1, 0.15) is 52.8 Å². The van der Waals surface area contributed by atoms with E-state index in [0.717, 1.165) is 27.8 Å². The second-order valence-electron chi connectivity index (χ2n) is 9.48. The number of ether oxygens (including phenoxy) is 1. The molecule has 3 rings (SSSR count). The van der Waals surface area contributed by atoms with E-state index in [2.05, 4.69) is 26.8 Å². The highest BCUT2D eigenvalue weighted by Gasteiger charge is 2.25. The molecule has 0 radical (unpaired) electrons. The van der Waals surface area contributed by atoms with Gasteiger partial charge < -0.3 is 4.74 Å². The third kappa shape index (κ3) is 5.31. The monoisotopic (exact) mass is 424 g/mol. The Balaban J connectivity index is 2.10. The van der Waals surface area contributed by atoms with Crippen LogP contribution in [-0.2, 0) is 16.7 Å². The number of anilines is 1. The van der Waals surface area contributed by atoms with Gasteiger partial charge in [-0.3, -0.25) is 9.88 Å². The molecule has 0 aliphatic heterocycles. The van der Waals surface area contributed by atoms with E-state index in [0.29, 0.717) is 11.6 Å². The molecule has 0 saturated carbocycles. The smallest absolute Gasteiger partial charge is 0.415 e. The van der Waals surface area contributed by atoms with Crippen molar-refractivity contribution in [3.63, 3.8) is 0 Å². The number of amides is 1. The van der Waals surface area contributed by atoms with Gasteiger partial charge in [0.2, 0.25) is 0 Å². The number of para-hydroxylation sites is 1. The van der Waals surface area contributed by atoms with Crippen molar-refractivity contribution in [1.82, 2.24) is 4.98 Å². The molecule has 0 unspecified atom stereocenters. The minimum Gasteiger partial charge on any atom is -0.443 e. The maximum absolute atomic E-state index is 13.1. The number of nitrogens with zero attached hydrogens (tertiary/aromatic N) is 2. The number of carbonyl (C=O) groups is 1. The number of carbonyl (C=O) groups excluding carboxylic acids is 1. The molecule has 1 amide bonds. The summed E-state index contributed by atoms with van der Waals surface area (Å²) >= 11 is 6.07. The molecule has 0 spiro atoms. The van der Waals surface area contributed by atoms with E-state index in [1.807, 2.05) is 57.2 Å². The summed E-state index contributed by atoms with van der Waals surface area (Å²) in [5.41, 5.74) is 2.93. The van der Waals surface area contributed by atoms with Crippen LogP contribution in [-0.4, -0.2) is 16.7 Å². The third-order valence-electron chi connectivity index (χ3n) is 4.65. The Morgan fingerprint density at radius 2 is 1.63 bits per heavy atom. The lowest BCUT2D eigenvalue weighted by Gasteiger charge is -2.28. The average molecular weight is 425 g/mol. The highest BCUT2D eigenvalue weighted by molar-refractivity contribution is 6.30. The summed E-state index contributed by atoms with van der Waals surface area (Å²) in [5.74, 6) is 0. The molecule has 5 heteroatoms. The molecule has 3 aromatic rings. The van der Waals surface area contributed by atoms with Gasteiger partial charge in [-0.2, -0.15) is 0 Å². The standard InChI is InChI=1S/C25H29ClN2O2/c1-24(2,3)22-15-17(20-9-7-8-10-21(20)27-22)16-28(23(29)30-25(4,5)6)19-13-11-18(26)12-14-19/h7-15H,16H2,1-6H3. The van der Waals surface area contributed by atoms with E-state index >= 15 is 0 Å². The summed E-state index contributed by atoms with van der Waals surface area (Å²) in [7, 11) is 0. The Morgan fingerprint density at radius 3 is 2.23 bits per heavy atom. The van der Waals surface area contributed by atoms with Crippen molar-refractivity contribution in [3.05, 3.63) is 70.9 Å². The zero-order chi connectivity index (χ0) is 22.1. The Hall–Kier alpha value is -2.59. The molecule has 0 fully saturated rings. The number of halogens is 1. The lowest BCUT2D eigenvalue weighted by Crippen LogP contribution is -2.36. The van der Waals surface area contributed by atoms with Crippen LogP contribution in [0.2, 0.25) is 5.02 Å². The Bertz CT molecular complexity index is 1050. The molecule has 30 heavy (non-hydrogen) atoms. The summed E-state index contributed by atoms with van der Waals surface area (Å²) in [6, 6.07) is 17.3. The van der Waals surface area contributed by atoms with E-state index < -0.39 is 11.7 Å². The van der Waals surface area contributed by atoms with Crippen LogP contribution in [0.3, 0.4) is 0 Å². The van der Waals surface area contributed by atoms with E-state index in [4.69, 9.17) is 21.3 Å². The molecule has 0 aliphatic rings. The molecular weight excluding hydrogens is 396 g/mol. The van der Waals surface area contributed by atoms with Gasteiger partial charge in [0, 0.05) is 27.2 Å². The molecule has 0 aliphatic carbocycles. The molecule has 1 aromatic heterocycles. The second kappa shape index (κ2) is 8.27. The van der Waals surface area contributed by atoms with E-state index in [-0.39, 0.29) is 5.41 Å². The molecule has 0 N–H and O–H groups in total. The van der Waals surface area contributed by atoms with Crippen molar-refractivity contribution in [1.29, 1.82) is 0 Å². The lowest BCUT2D eigenvalue weighted by molar-refractivity contribution is 0.0577. The zero-order valence-electron chi connectivity index (χ0n) is 18.5. The van der Waals surface area contributed by atoms with E-state index in [1.54, 1.807) is 17.0 Å². The third-order valence-corrected chi connectivity index (χ3v) is 4.90. The number of fused-ring (bicyclic) bond motifs is 1. The number of aromatic nitrogens is 1. The van der Waals surface area contributed by atoms with Gasteiger partial charge in [-0.05, 0) is 62.7 Å². The fraction of sp³-hybridized carbons (Fsp3) is 0.360. The first-order valence-electron chi connectivity index (χ1n) is 10.1. The van der Waals surface area contributed by atoms with Crippen LogP contribution in [0.15, 0.2) is 54.6 Å². The first kappa shape index (κ1) is 22.1. The normalized spacial score (nSPS) is 12.1. The second-order valence-corrected chi connectivity index (χ2v) is 9.91. The van der Waals surface area contributed by atoms with Gasteiger partial charge in [-0.1, -0.05) is 50.6 Å². The number of hydrogen-bond donors (Lipinski definition) is 0. The van der Waals surface area contributed by atoms with Gasteiger partial charge >= 0.3 is 6.09 Å². The number of benzene rings is 2. The fourth-order valence-corrected chi connectivity index (χ4v) is 3.26. The molecule has 1 heterocycles. The Morgan fingerprint density at radius 1 is 1.00 bits per heavy atom. The van der Waals surface area contributed by atoms with Crippen molar-refractivity contribution in [2.24, 2.45) is 0 Å².